The maximum atomic E-state index is 11.3. The first-order chi connectivity index (χ1) is 16.0. The molecule has 0 atom stereocenters. The minimum Gasteiger partial charge on any atom is -0.478 e. The van der Waals surface area contributed by atoms with E-state index in [0.717, 1.165) is 33.2 Å². The Morgan fingerprint density at radius 2 is 0.909 bits per heavy atom. The predicted octanol–water partition coefficient (Wildman–Crippen LogP) is 6.86. The Hall–Kier alpha value is -4.64. The van der Waals surface area contributed by atoms with Crippen LogP contribution in [0.25, 0.3) is 21.5 Å². The first-order valence-corrected chi connectivity index (χ1v) is 10.4. The van der Waals surface area contributed by atoms with Gasteiger partial charge in [0, 0.05) is 17.1 Å². The number of fused-ring (bicyclic) bond motifs is 2. The Labute approximate surface area is 189 Å². The monoisotopic (exact) mass is 433 g/mol. The summed E-state index contributed by atoms with van der Waals surface area (Å²) in [6.45, 7) is 0. The molecule has 0 unspecified atom stereocenters. The van der Waals surface area contributed by atoms with Gasteiger partial charge in [0.05, 0.1) is 11.1 Å². The topological polar surface area (TPSA) is 77.8 Å². The first kappa shape index (κ1) is 20.3. The fourth-order valence-corrected chi connectivity index (χ4v) is 4.02. The Kier molecular flexibility index (Phi) is 4.99. The lowest BCUT2D eigenvalue weighted by atomic mass is 10.0. The number of hydrogen-bond acceptors (Lipinski definition) is 3. The molecule has 0 saturated heterocycles. The minimum atomic E-state index is -0.989. The fraction of sp³-hybridized carbons (Fsp3) is 0. The first-order valence-electron chi connectivity index (χ1n) is 10.4. The van der Waals surface area contributed by atoms with E-state index >= 15 is 0 Å². The second-order valence-corrected chi connectivity index (χ2v) is 7.77. The van der Waals surface area contributed by atoms with E-state index in [0.29, 0.717) is 0 Å². The molecule has 0 radical (unpaired) electrons. The molecule has 2 N–H and O–H groups in total. The molecule has 0 aliphatic rings. The average molecular weight is 433 g/mol. The lowest BCUT2D eigenvalue weighted by Crippen LogP contribution is -2.10. The highest BCUT2D eigenvalue weighted by Crippen LogP contribution is 2.37. The van der Waals surface area contributed by atoms with Gasteiger partial charge < -0.3 is 15.1 Å². The van der Waals surface area contributed by atoms with Gasteiger partial charge in [-0.2, -0.15) is 0 Å². The number of hydrogen-bond donors (Lipinski definition) is 2. The van der Waals surface area contributed by atoms with E-state index < -0.39 is 11.9 Å². The van der Waals surface area contributed by atoms with Crippen molar-refractivity contribution >= 4 is 50.5 Å². The Balaban J connectivity index is 1.66. The largest absolute Gasteiger partial charge is 0.478 e. The Morgan fingerprint density at radius 3 is 1.39 bits per heavy atom. The van der Waals surface area contributed by atoms with Crippen LogP contribution in [0.4, 0.5) is 17.1 Å². The molecule has 5 aromatic rings. The zero-order chi connectivity index (χ0) is 22.9. The van der Waals surface area contributed by atoms with Gasteiger partial charge in [-0.3, -0.25) is 0 Å². The van der Waals surface area contributed by atoms with E-state index in [1.54, 1.807) is 48.5 Å². The lowest BCUT2D eigenvalue weighted by Gasteiger charge is -2.26. The molecule has 0 aliphatic carbocycles. The maximum absolute atomic E-state index is 11.3. The molecule has 5 aromatic carbocycles. The number of rotatable bonds is 5. The summed E-state index contributed by atoms with van der Waals surface area (Å²) in [6, 6.07) is 31.9. The van der Waals surface area contributed by atoms with E-state index in [4.69, 9.17) is 0 Å². The van der Waals surface area contributed by atoms with Crippen molar-refractivity contribution in [3.05, 3.63) is 114 Å². The third kappa shape index (κ3) is 3.88. The number of carboxylic acids is 2. The number of nitrogens with zero attached hydrogens (tertiary/aromatic N) is 1. The van der Waals surface area contributed by atoms with Crippen LogP contribution in [-0.2, 0) is 0 Å². The van der Waals surface area contributed by atoms with Gasteiger partial charge in [0.15, 0.2) is 0 Å². The van der Waals surface area contributed by atoms with Crippen LogP contribution in [0.2, 0.25) is 0 Å². The Morgan fingerprint density at radius 1 is 0.485 bits per heavy atom. The molecular weight excluding hydrogens is 414 g/mol. The fourth-order valence-electron chi connectivity index (χ4n) is 4.02. The summed E-state index contributed by atoms with van der Waals surface area (Å²) in [5, 5.41) is 23.0. The van der Waals surface area contributed by atoms with Crippen LogP contribution in [-0.4, -0.2) is 22.2 Å². The van der Waals surface area contributed by atoms with Crippen molar-refractivity contribution in [3.63, 3.8) is 0 Å². The van der Waals surface area contributed by atoms with E-state index in [-0.39, 0.29) is 11.1 Å². The number of aromatic carboxylic acids is 2. The quantitative estimate of drug-likeness (QED) is 0.296. The molecule has 33 heavy (non-hydrogen) atoms. The molecule has 0 aliphatic heterocycles. The normalized spacial score (nSPS) is 10.9. The third-order valence-corrected chi connectivity index (χ3v) is 5.69. The van der Waals surface area contributed by atoms with Gasteiger partial charge in [-0.15, -0.1) is 0 Å². The minimum absolute atomic E-state index is 0.199. The summed E-state index contributed by atoms with van der Waals surface area (Å²) in [7, 11) is 0. The predicted molar refractivity (Wildman–Crippen MR) is 130 cm³/mol. The number of anilines is 3. The second kappa shape index (κ2) is 8.13. The molecule has 160 valence electrons. The zero-order valence-electron chi connectivity index (χ0n) is 17.5. The highest BCUT2D eigenvalue weighted by molar-refractivity contribution is 6.00. The summed E-state index contributed by atoms with van der Waals surface area (Å²) >= 11 is 0. The van der Waals surface area contributed by atoms with Gasteiger partial charge in [-0.05, 0) is 94.3 Å². The van der Waals surface area contributed by atoms with E-state index in [1.807, 2.05) is 23.1 Å². The average Bonchev–Trinajstić information content (AvgIpc) is 2.83. The van der Waals surface area contributed by atoms with E-state index in [1.165, 1.54) is 5.39 Å². The van der Waals surface area contributed by atoms with Gasteiger partial charge in [-0.25, -0.2) is 9.59 Å². The van der Waals surface area contributed by atoms with Crippen molar-refractivity contribution in [1.29, 1.82) is 0 Å². The maximum Gasteiger partial charge on any atom is 0.335 e. The van der Waals surface area contributed by atoms with Gasteiger partial charge >= 0.3 is 11.9 Å². The highest BCUT2D eigenvalue weighted by Gasteiger charge is 2.15. The number of benzene rings is 5. The number of carboxylic acid groups (broad SMARTS) is 2. The molecule has 5 heteroatoms. The molecule has 0 bridgehead atoms. The van der Waals surface area contributed by atoms with Crippen LogP contribution >= 0.6 is 0 Å². The van der Waals surface area contributed by atoms with E-state index in [9.17, 15) is 19.8 Å². The summed E-state index contributed by atoms with van der Waals surface area (Å²) in [4.78, 5) is 24.6. The van der Waals surface area contributed by atoms with Crippen molar-refractivity contribution < 1.29 is 19.8 Å². The molecule has 5 nitrogen and oxygen atoms in total. The molecule has 0 amide bonds. The van der Waals surface area contributed by atoms with E-state index in [2.05, 4.69) is 36.4 Å². The van der Waals surface area contributed by atoms with Crippen LogP contribution < -0.4 is 4.90 Å². The van der Waals surface area contributed by atoms with Crippen molar-refractivity contribution in [1.82, 2.24) is 0 Å². The van der Waals surface area contributed by atoms with Gasteiger partial charge in [0.2, 0.25) is 0 Å². The van der Waals surface area contributed by atoms with Crippen LogP contribution in [0, 0.1) is 0 Å². The van der Waals surface area contributed by atoms with Crippen LogP contribution in [0.1, 0.15) is 20.7 Å². The third-order valence-electron chi connectivity index (χ3n) is 5.69. The molecule has 0 saturated carbocycles. The highest BCUT2D eigenvalue weighted by atomic mass is 16.4. The molecular formula is C28H19NO4. The summed E-state index contributed by atoms with van der Waals surface area (Å²) < 4.78 is 0. The van der Waals surface area contributed by atoms with Crippen LogP contribution in [0.15, 0.2) is 103 Å². The van der Waals surface area contributed by atoms with Crippen molar-refractivity contribution in [2.24, 2.45) is 0 Å². The smallest absolute Gasteiger partial charge is 0.335 e. The van der Waals surface area contributed by atoms with Crippen LogP contribution in [0.3, 0.4) is 0 Å². The zero-order valence-corrected chi connectivity index (χ0v) is 17.5. The van der Waals surface area contributed by atoms with Gasteiger partial charge in [0.1, 0.15) is 0 Å². The molecule has 0 fully saturated rings. The van der Waals surface area contributed by atoms with Crippen LogP contribution in [0.5, 0.6) is 0 Å². The van der Waals surface area contributed by atoms with Crippen molar-refractivity contribution in [2.45, 2.75) is 0 Å². The lowest BCUT2D eigenvalue weighted by molar-refractivity contribution is 0.0686. The van der Waals surface area contributed by atoms with Crippen molar-refractivity contribution in [3.8, 4) is 0 Å². The molecule has 0 heterocycles. The summed E-state index contributed by atoms with van der Waals surface area (Å²) in [5.74, 6) is -1.98. The van der Waals surface area contributed by atoms with Crippen molar-refractivity contribution in [2.75, 3.05) is 4.90 Å². The summed E-state index contributed by atoms with van der Waals surface area (Å²) in [6.07, 6.45) is 0. The Bertz CT molecular complexity index is 1450. The molecule has 0 aromatic heterocycles. The second-order valence-electron chi connectivity index (χ2n) is 7.77. The standard InChI is InChI=1S/C28H19NO4/c30-27(31)18-5-10-24(11-6-18)29(25-12-7-19(8-13-25)28(32)33)26-14-9-22-15-20-3-1-2-4-21(20)16-23(22)17-26/h1-17H,(H,30,31)(H,32,33). The molecule has 0 spiro atoms. The number of carbonyl (C=O) groups is 2. The molecule has 5 rings (SSSR count). The SMILES string of the molecule is O=C(O)c1ccc(N(c2ccc(C(=O)O)cc2)c2ccc3cc4ccccc4cc3c2)cc1. The van der Waals surface area contributed by atoms with Gasteiger partial charge in [-0.1, -0.05) is 30.3 Å². The van der Waals surface area contributed by atoms with Gasteiger partial charge in [0.25, 0.3) is 0 Å². The summed E-state index contributed by atoms with van der Waals surface area (Å²) in [5.41, 5.74) is 2.81.